The third-order valence-corrected chi connectivity index (χ3v) is 7.24. The molecular formula is C21H34FN8O9P. The van der Waals surface area contributed by atoms with Crippen LogP contribution >= 0.6 is 7.67 Å². The molecule has 7 atom stereocenters. The van der Waals surface area contributed by atoms with Crippen LogP contribution in [0.3, 0.4) is 0 Å². The van der Waals surface area contributed by atoms with Gasteiger partial charge in [-0.25, -0.2) is 19.4 Å². The van der Waals surface area contributed by atoms with Crippen molar-refractivity contribution in [2.24, 2.45) is 5.11 Å². The Labute approximate surface area is 228 Å². The highest BCUT2D eigenvalue weighted by molar-refractivity contribution is 7.54. The minimum absolute atomic E-state index is 0.159. The fraction of sp³-hybridized carbons (Fsp3) is 0.714. The largest absolute Gasteiger partial charge is 0.462 e. The van der Waals surface area contributed by atoms with Crippen molar-refractivity contribution in [3.05, 3.63) is 33.2 Å². The quantitative estimate of drug-likeness (QED) is 0.0823. The highest BCUT2D eigenvalue weighted by atomic mass is 31.2. The number of halogens is 1. The summed E-state index contributed by atoms with van der Waals surface area (Å²) < 4.78 is 50.8. The summed E-state index contributed by atoms with van der Waals surface area (Å²) in [6.45, 7) is 7.92. The van der Waals surface area contributed by atoms with Crippen molar-refractivity contribution >= 4 is 25.4 Å². The minimum atomic E-state index is -4.49. The van der Waals surface area contributed by atoms with Gasteiger partial charge in [0.25, 0.3) is 0 Å². The van der Waals surface area contributed by atoms with E-state index in [0.717, 1.165) is 6.20 Å². The smallest absolute Gasteiger partial charge is 0.351 e. The number of nitrogens with two attached hydrogens (primary N) is 1. The Morgan fingerprint density at radius 3 is 2.23 bits per heavy atom. The summed E-state index contributed by atoms with van der Waals surface area (Å²) in [6, 6.07) is -1.36. The van der Waals surface area contributed by atoms with Gasteiger partial charge in [0.1, 0.15) is 24.0 Å². The number of esters is 2. The lowest BCUT2D eigenvalue weighted by Gasteiger charge is -2.31. The number of azide groups is 1. The number of nitrogens with zero attached hydrogens (tertiary/aromatic N) is 5. The average molecular weight is 593 g/mol. The topological polar surface area (TPSA) is 242 Å². The first-order chi connectivity index (χ1) is 18.5. The average Bonchev–Trinajstić information content (AvgIpc) is 3.07. The molecule has 1 aliphatic heterocycles. The molecule has 19 heteroatoms. The maximum absolute atomic E-state index is 15.2. The first-order valence-electron chi connectivity index (χ1n) is 12.2. The van der Waals surface area contributed by atoms with Crippen LogP contribution in [0.4, 0.5) is 10.2 Å². The number of hydrogen-bond donors (Lipinski definition) is 4. The Balaban J connectivity index is 2.39. The SMILES string of the molecule is CC(C)OC(=O)[C@H](C)NP(=O)(N[C@H](C)C(=O)OC(C)C)OC[C@@]1(N=[N+]=[N-])O[C@@H](n2ccc(N)nc2=O)[C@H](F)[C@@H]1O. The molecule has 0 aromatic carbocycles. The lowest BCUT2D eigenvalue weighted by molar-refractivity contribution is -0.149. The molecule has 1 aromatic heterocycles. The second-order valence-electron chi connectivity index (χ2n) is 9.47. The van der Waals surface area contributed by atoms with Crippen molar-refractivity contribution < 1.29 is 42.4 Å². The van der Waals surface area contributed by atoms with E-state index in [9.17, 15) is 24.1 Å². The van der Waals surface area contributed by atoms with Crippen LogP contribution in [-0.4, -0.2) is 75.5 Å². The molecule has 0 saturated carbocycles. The van der Waals surface area contributed by atoms with E-state index in [1.165, 1.54) is 19.9 Å². The van der Waals surface area contributed by atoms with Gasteiger partial charge in [0.2, 0.25) is 5.72 Å². The molecule has 0 bridgehead atoms. The summed E-state index contributed by atoms with van der Waals surface area (Å²) >= 11 is 0. The maximum atomic E-state index is 15.2. The van der Waals surface area contributed by atoms with Crippen LogP contribution in [0.1, 0.15) is 47.8 Å². The first kappa shape index (κ1) is 33.1. The minimum Gasteiger partial charge on any atom is -0.462 e. The summed E-state index contributed by atoms with van der Waals surface area (Å²) in [5.41, 5.74) is 11.0. The monoisotopic (exact) mass is 592 g/mol. The molecule has 1 saturated heterocycles. The lowest BCUT2D eigenvalue weighted by Crippen LogP contribution is -2.47. The van der Waals surface area contributed by atoms with Gasteiger partial charge in [0, 0.05) is 11.1 Å². The van der Waals surface area contributed by atoms with Crippen molar-refractivity contribution in [1.82, 2.24) is 19.7 Å². The second kappa shape index (κ2) is 13.5. The van der Waals surface area contributed by atoms with Crippen molar-refractivity contribution in [2.45, 2.75) is 90.1 Å². The zero-order chi connectivity index (χ0) is 30.4. The standard InChI is InChI=1S/C21H34FN8O9P/c1-10(2)37-18(32)12(5)26-40(35,27-13(6)19(33)38-11(3)4)36-9-21(28-29-24)16(31)15(22)17(39-21)30-8-7-14(23)25-20(30)34/h7-8,10-13,15-17,31H,9H2,1-6H3,(H2,23,25,34)(H2,26,27,35)/t12-,13+,15-,16+,17-,21-,40?/m1/s1. The summed E-state index contributed by atoms with van der Waals surface area (Å²) in [7, 11) is -4.49. The number of aliphatic hydroxyl groups excluding tert-OH is 1. The number of carbonyl (C=O) groups excluding carboxylic acids is 2. The Bertz CT molecular complexity index is 1190. The van der Waals surface area contributed by atoms with Gasteiger partial charge in [-0.05, 0) is 53.1 Å². The number of ether oxygens (including phenoxy) is 3. The van der Waals surface area contributed by atoms with Crippen LogP contribution in [-0.2, 0) is 32.9 Å². The van der Waals surface area contributed by atoms with Gasteiger partial charge in [0.05, 0.1) is 18.8 Å². The molecule has 0 aliphatic carbocycles. The number of aliphatic hydroxyl groups is 1. The summed E-state index contributed by atoms with van der Waals surface area (Å²) in [5, 5.41) is 18.8. The van der Waals surface area contributed by atoms with E-state index in [2.05, 4.69) is 25.2 Å². The van der Waals surface area contributed by atoms with Gasteiger partial charge in [-0.3, -0.25) is 18.7 Å². The molecule has 2 heterocycles. The Morgan fingerprint density at radius 2 is 1.77 bits per heavy atom. The third kappa shape index (κ3) is 8.20. The molecule has 0 radical (unpaired) electrons. The Kier molecular flexibility index (Phi) is 11.2. The summed E-state index contributed by atoms with van der Waals surface area (Å²) in [4.78, 5) is 43.0. The van der Waals surface area contributed by atoms with Crippen molar-refractivity contribution in [3.63, 3.8) is 0 Å². The van der Waals surface area contributed by atoms with Crippen LogP contribution in [0.15, 0.2) is 22.2 Å². The zero-order valence-electron chi connectivity index (χ0n) is 22.8. The fourth-order valence-corrected chi connectivity index (χ4v) is 5.29. The third-order valence-electron chi connectivity index (χ3n) is 5.29. The molecular weight excluding hydrogens is 558 g/mol. The highest BCUT2D eigenvalue weighted by Crippen LogP contribution is 2.45. The number of hydrogen-bond acceptors (Lipinski definition) is 12. The Morgan fingerprint density at radius 1 is 1.25 bits per heavy atom. The lowest BCUT2D eigenvalue weighted by atomic mass is 10.1. The molecule has 1 fully saturated rings. The molecule has 0 spiro atoms. The maximum Gasteiger partial charge on any atom is 0.351 e. The molecule has 2 rings (SSSR count). The number of carbonyl (C=O) groups is 2. The number of anilines is 1. The van der Waals surface area contributed by atoms with Gasteiger partial charge < -0.3 is 29.6 Å². The highest BCUT2D eigenvalue weighted by Gasteiger charge is 2.57. The number of aromatic nitrogens is 2. The van der Waals surface area contributed by atoms with Crippen molar-refractivity contribution in [1.29, 1.82) is 0 Å². The molecule has 224 valence electrons. The van der Waals surface area contributed by atoms with E-state index in [0.29, 0.717) is 4.57 Å². The van der Waals surface area contributed by atoms with Crippen molar-refractivity contribution in [3.8, 4) is 0 Å². The number of nitrogen functional groups attached to an aromatic ring is 1. The van der Waals surface area contributed by atoms with E-state index in [1.807, 2.05) is 0 Å². The fourth-order valence-electron chi connectivity index (χ4n) is 3.46. The van der Waals surface area contributed by atoms with Gasteiger partial charge in [-0.2, -0.15) is 4.98 Å². The predicted octanol–water partition coefficient (Wildman–Crippen LogP) is 1.04. The molecule has 1 aromatic rings. The summed E-state index contributed by atoms with van der Waals surface area (Å²) in [5.74, 6) is -1.80. The van der Waals surface area contributed by atoms with E-state index in [-0.39, 0.29) is 5.82 Å². The zero-order valence-corrected chi connectivity index (χ0v) is 23.6. The molecule has 0 amide bonds. The molecule has 1 unspecified atom stereocenters. The van der Waals surface area contributed by atoms with E-state index in [4.69, 9.17) is 30.0 Å². The normalized spacial score (nSPS) is 25.6. The van der Waals surface area contributed by atoms with E-state index in [1.54, 1.807) is 27.7 Å². The van der Waals surface area contributed by atoms with Gasteiger partial charge in [-0.15, -0.1) is 0 Å². The molecule has 1 aliphatic rings. The number of rotatable bonds is 13. The van der Waals surface area contributed by atoms with Gasteiger partial charge in [0.15, 0.2) is 12.4 Å². The molecule has 17 nitrogen and oxygen atoms in total. The van der Waals surface area contributed by atoms with E-state index >= 15 is 4.39 Å². The Hall–Kier alpha value is -3.11. The number of nitrogens with one attached hydrogen (secondary N) is 2. The predicted molar refractivity (Wildman–Crippen MR) is 137 cm³/mol. The molecule has 40 heavy (non-hydrogen) atoms. The van der Waals surface area contributed by atoms with Crippen LogP contribution in [0, 0.1) is 0 Å². The first-order valence-corrected chi connectivity index (χ1v) is 13.8. The van der Waals surface area contributed by atoms with Crippen LogP contribution in [0.2, 0.25) is 0 Å². The van der Waals surface area contributed by atoms with Crippen LogP contribution in [0.5, 0.6) is 0 Å². The van der Waals surface area contributed by atoms with Crippen molar-refractivity contribution in [2.75, 3.05) is 12.3 Å². The van der Waals surface area contributed by atoms with Crippen LogP contribution in [0.25, 0.3) is 10.4 Å². The van der Waals surface area contributed by atoms with Gasteiger partial charge in [-0.1, -0.05) is 5.11 Å². The van der Waals surface area contributed by atoms with Gasteiger partial charge >= 0.3 is 25.3 Å². The second-order valence-corrected chi connectivity index (χ2v) is 11.3. The summed E-state index contributed by atoms with van der Waals surface area (Å²) in [6.07, 6.45) is -6.38. The van der Waals surface area contributed by atoms with Crippen LogP contribution < -0.4 is 21.6 Å². The molecule has 5 N–H and O–H groups in total. The number of alkyl halides is 1. The van der Waals surface area contributed by atoms with E-state index < -0.39 is 80.4 Å².